The van der Waals surface area contributed by atoms with E-state index in [-0.39, 0.29) is 12.5 Å². The summed E-state index contributed by atoms with van der Waals surface area (Å²) in [7, 11) is 0. The smallest absolute Gasteiger partial charge is 0.316 e. The first-order valence-electron chi connectivity index (χ1n) is 9.93. The predicted octanol–water partition coefficient (Wildman–Crippen LogP) is 5.72. The third-order valence-electron chi connectivity index (χ3n) is 5.61. The molecule has 0 unspecified atom stereocenters. The minimum atomic E-state index is -0.454. The molecule has 7 heteroatoms. The molecule has 30 heavy (non-hydrogen) atoms. The number of hydrogen-bond acceptors (Lipinski definition) is 5. The van der Waals surface area contributed by atoms with Crippen LogP contribution >= 0.6 is 0 Å². The van der Waals surface area contributed by atoms with Crippen LogP contribution < -0.4 is 0 Å². The van der Waals surface area contributed by atoms with Gasteiger partial charge in [-0.3, -0.25) is 4.79 Å². The SMILES string of the molecule is CCOC(=O)C1(c2ccc(-c3ccc(-c4onc(C)c4CN=[N+]=[N-])cc3)cc2)CC1. The zero-order valence-corrected chi connectivity index (χ0v) is 17.0. The summed E-state index contributed by atoms with van der Waals surface area (Å²) in [6, 6.07) is 16.1. The molecule has 0 aliphatic heterocycles. The van der Waals surface area contributed by atoms with E-state index < -0.39 is 5.41 Å². The van der Waals surface area contributed by atoms with E-state index in [1.807, 2.05) is 62.4 Å². The summed E-state index contributed by atoms with van der Waals surface area (Å²) < 4.78 is 10.7. The van der Waals surface area contributed by atoms with Gasteiger partial charge >= 0.3 is 5.97 Å². The Kier molecular flexibility index (Phi) is 5.29. The van der Waals surface area contributed by atoms with Gasteiger partial charge in [0.15, 0.2) is 5.76 Å². The zero-order chi connectivity index (χ0) is 21.1. The second-order valence-corrected chi connectivity index (χ2v) is 7.42. The van der Waals surface area contributed by atoms with Crippen molar-refractivity contribution in [3.63, 3.8) is 0 Å². The third kappa shape index (κ3) is 3.55. The van der Waals surface area contributed by atoms with Crippen LogP contribution in [0.4, 0.5) is 0 Å². The Bertz CT molecular complexity index is 1110. The van der Waals surface area contributed by atoms with Gasteiger partial charge in [-0.15, -0.1) is 0 Å². The highest BCUT2D eigenvalue weighted by Crippen LogP contribution is 2.49. The van der Waals surface area contributed by atoms with Gasteiger partial charge in [0.1, 0.15) is 0 Å². The van der Waals surface area contributed by atoms with E-state index in [9.17, 15) is 4.79 Å². The van der Waals surface area contributed by atoms with E-state index >= 15 is 0 Å². The first kappa shape index (κ1) is 19.7. The molecule has 1 aliphatic rings. The fraction of sp³-hybridized carbons (Fsp3) is 0.304. The molecule has 1 aromatic heterocycles. The van der Waals surface area contributed by atoms with E-state index in [2.05, 4.69) is 15.2 Å². The lowest BCUT2D eigenvalue weighted by Crippen LogP contribution is -2.23. The van der Waals surface area contributed by atoms with Crippen LogP contribution in [0.2, 0.25) is 0 Å². The van der Waals surface area contributed by atoms with Crippen molar-refractivity contribution in [2.45, 2.75) is 38.6 Å². The molecule has 1 fully saturated rings. The van der Waals surface area contributed by atoms with Crippen LogP contribution in [0.5, 0.6) is 0 Å². The lowest BCUT2D eigenvalue weighted by Gasteiger charge is -2.14. The fourth-order valence-corrected chi connectivity index (χ4v) is 3.70. The summed E-state index contributed by atoms with van der Waals surface area (Å²) in [5.41, 5.74) is 13.7. The maximum absolute atomic E-state index is 12.3. The second-order valence-electron chi connectivity index (χ2n) is 7.42. The Balaban J connectivity index is 1.56. The van der Waals surface area contributed by atoms with Gasteiger partial charge < -0.3 is 9.26 Å². The average Bonchev–Trinajstić information content (AvgIpc) is 3.51. The Labute approximate surface area is 174 Å². The summed E-state index contributed by atoms with van der Waals surface area (Å²) in [4.78, 5) is 15.1. The van der Waals surface area contributed by atoms with E-state index in [0.717, 1.165) is 40.7 Å². The summed E-state index contributed by atoms with van der Waals surface area (Å²) >= 11 is 0. The van der Waals surface area contributed by atoms with Gasteiger partial charge in [-0.25, -0.2) is 0 Å². The molecule has 0 atom stereocenters. The average molecular weight is 402 g/mol. The largest absolute Gasteiger partial charge is 0.465 e. The molecule has 152 valence electrons. The van der Waals surface area contributed by atoms with Crippen molar-refractivity contribution in [1.29, 1.82) is 0 Å². The molecule has 0 saturated heterocycles. The van der Waals surface area contributed by atoms with Crippen LogP contribution in [0.15, 0.2) is 58.2 Å². The highest BCUT2D eigenvalue weighted by atomic mass is 16.5. The summed E-state index contributed by atoms with van der Waals surface area (Å²) in [6.07, 6.45) is 1.68. The van der Waals surface area contributed by atoms with E-state index in [4.69, 9.17) is 14.8 Å². The summed E-state index contributed by atoms with van der Waals surface area (Å²) in [5, 5.41) is 7.63. The van der Waals surface area contributed by atoms with Crippen molar-refractivity contribution < 1.29 is 14.1 Å². The zero-order valence-electron chi connectivity index (χ0n) is 17.0. The van der Waals surface area contributed by atoms with Gasteiger partial charge in [0, 0.05) is 16.0 Å². The van der Waals surface area contributed by atoms with Gasteiger partial charge in [-0.05, 0) is 48.9 Å². The lowest BCUT2D eigenvalue weighted by molar-refractivity contribution is -0.146. The number of esters is 1. The minimum Gasteiger partial charge on any atom is -0.465 e. The quantitative estimate of drug-likeness (QED) is 0.218. The standard InChI is InChI=1S/C23H22N4O3/c1-3-29-22(28)23(12-13-23)19-10-8-17(9-11-19)16-4-6-18(7-5-16)21-20(14-25-27-24)15(2)26-30-21/h4-11H,3,12-14H2,1-2H3. The van der Waals surface area contributed by atoms with Crippen molar-refractivity contribution >= 4 is 5.97 Å². The maximum atomic E-state index is 12.3. The topological polar surface area (TPSA) is 101 Å². The Hall–Kier alpha value is -3.57. The van der Waals surface area contributed by atoms with Crippen LogP contribution in [0.1, 0.15) is 36.6 Å². The molecule has 0 spiro atoms. The molecule has 0 amide bonds. The maximum Gasteiger partial charge on any atom is 0.316 e. The van der Waals surface area contributed by atoms with Crippen molar-refractivity contribution in [2.24, 2.45) is 5.11 Å². The minimum absolute atomic E-state index is 0.124. The first-order valence-corrected chi connectivity index (χ1v) is 9.93. The molecule has 0 N–H and O–H groups in total. The molecule has 4 rings (SSSR count). The number of nitrogens with zero attached hydrogens (tertiary/aromatic N) is 4. The number of ether oxygens (including phenoxy) is 1. The van der Waals surface area contributed by atoms with Gasteiger partial charge in [0.05, 0.1) is 24.3 Å². The summed E-state index contributed by atoms with van der Waals surface area (Å²) in [5.74, 6) is 0.493. The molecule has 1 saturated carbocycles. The summed E-state index contributed by atoms with van der Waals surface area (Å²) in [6.45, 7) is 4.27. The number of benzene rings is 2. The van der Waals surface area contributed by atoms with E-state index in [1.54, 1.807) is 0 Å². The number of rotatable bonds is 7. The first-order chi connectivity index (χ1) is 14.6. The van der Waals surface area contributed by atoms with E-state index in [0.29, 0.717) is 18.1 Å². The number of carbonyl (C=O) groups is 1. The normalized spacial score (nSPS) is 14.1. The molecule has 1 aliphatic carbocycles. The van der Waals surface area contributed by atoms with Crippen LogP contribution in [0.3, 0.4) is 0 Å². The Morgan fingerprint density at radius 3 is 2.30 bits per heavy atom. The lowest BCUT2D eigenvalue weighted by atomic mass is 9.93. The number of aryl methyl sites for hydroxylation is 1. The molecule has 0 radical (unpaired) electrons. The van der Waals surface area contributed by atoms with Crippen molar-refractivity contribution in [2.75, 3.05) is 6.61 Å². The van der Waals surface area contributed by atoms with E-state index in [1.165, 1.54) is 0 Å². The molecule has 3 aromatic rings. The van der Waals surface area contributed by atoms with Gasteiger partial charge in [-0.2, -0.15) is 0 Å². The fourth-order valence-electron chi connectivity index (χ4n) is 3.70. The molecule has 7 nitrogen and oxygen atoms in total. The Morgan fingerprint density at radius 1 is 1.13 bits per heavy atom. The van der Waals surface area contributed by atoms with Crippen LogP contribution in [0, 0.1) is 6.92 Å². The monoisotopic (exact) mass is 402 g/mol. The highest BCUT2D eigenvalue weighted by molar-refractivity contribution is 5.87. The highest BCUT2D eigenvalue weighted by Gasteiger charge is 2.52. The third-order valence-corrected chi connectivity index (χ3v) is 5.61. The van der Waals surface area contributed by atoms with Crippen LogP contribution in [-0.4, -0.2) is 17.7 Å². The number of azide groups is 1. The molecule has 2 aromatic carbocycles. The van der Waals surface area contributed by atoms with Crippen LogP contribution in [-0.2, 0) is 21.5 Å². The number of carbonyl (C=O) groups excluding carboxylic acids is 1. The molecular formula is C23H22N4O3. The van der Waals surface area contributed by atoms with Crippen molar-refractivity contribution in [3.05, 3.63) is 75.8 Å². The molecular weight excluding hydrogens is 380 g/mol. The number of aromatic nitrogens is 1. The predicted molar refractivity (Wildman–Crippen MR) is 113 cm³/mol. The second kappa shape index (κ2) is 8.05. The van der Waals surface area contributed by atoms with Gasteiger partial charge in [0.25, 0.3) is 0 Å². The van der Waals surface area contributed by atoms with Crippen LogP contribution in [0.25, 0.3) is 32.9 Å². The Morgan fingerprint density at radius 2 is 1.73 bits per heavy atom. The molecule has 0 bridgehead atoms. The van der Waals surface area contributed by atoms with Crippen molar-refractivity contribution in [3.8, 4) is 22.5 Å². The van der Waals surface area contributed by atoms with Gasteiger partial charge in [0.2, 0.25) is 0 Å². The van der Waals surface area contributed by atoms with Crippen molar-refractivity contribution in [1.82, 2.24) is 5.16 Å². The number of hydrogen-bond donors (Lipinski definition) is 0. The molecule has 1 heterocycles. The van der Waals surface area contributed by atoms with Gasteiger partial charge in [-0.1, -0.05) is 58.8 Å².